The number of β-amino-alcohol motifs (C(OH)–C–C–N with tert-alkyl or cyclic N) is 1. The Bertz CT molecular complexity index is 1530. The molecular weight excluding hydrogens is 724 g/mol. The molecule has 2 aliphatic rings. The molecule has 0 saturated carbocycles. The molecular formula is C35H54N8O12. The van der Waals surface area contributed by atoms with Crippen LogP contribution in [-0.2, 0) is 40.0 Å². The molecule has 306 valence electrons. The van der Waals surface area contributed by atoms with Crippen molar-refractivity contribution in [2.75, 3.05) is 26.2 Å². The molecule has 9 atom stereocenters. The third-order valence-electron chi connectivity index (χ3n) is 9.53. The van der Waals surface area contributed by atoms with Crippen molar-refractivity contribution < 1.29 is 59.1 Å². The number of hydrogen-bond donors (Lipinski definition) is 11. The summed E-state index contributed by atoms with van der Waals surface area (Å²) in [5, 5.41) is 59.5. The number of carbonyl (C=O) groups is 7. The van der Waals surface area contributed by atoms with Crippen LogP contribution in [0.1, 0.15) is 57.9 Å². The molecule has 2 heterocycles. The summed E-state index contributed by atoms with van der Waals surface area (Å²) >= 11 is 0. The van der Waals surface area contributed by atoms with Gasteiger partial charge in [0.25, 0.3) is 0 Å². The minimum absolute atomic E-state index is 0.0816. The molecule has 0 radical (unpaired) electrons. The van der Waals surface area contributed by atoms with Crippen LogP contribution in [-0.4, -0.2) is 157 Å². The number of unbranched alkanes of at least 4 members (excludes halogenated alkanes) is 1. The normalized spacial score (nSPS) is 21.4. The maximum atomic E-state index is 14.1. The van der Waals surface area contributed by atoms with E-state index in [1.54, 1.807) is 0 Å². The Labute approximate surface area is 318 Å². The van der Waals surface area contributed by atoms with Crippen LogP contribution in [0, 0.1) is 0 Å². The second-order valence-electron chi connectivity index (χ2n) is 14.0. The van der Waals surface area contributed by atoms with Crippen LogP contribution < -0.4 is 32.7 Å². The van der Waals surface area contributed by atoms with E-state index in [4.69, 9.17) is 11.5 Å². The van der Waals surface area contributed by atoms with Crippen molar-refractivity contribution in [2.45, 2.75) is 113 Å². The zero-order valence-corrected chi connectivity index (χ0v) is 30.9. The van der Waals surface area contributed by atoms with Gasteiger partial charge < -0.3 is 68.1 Å². The number of aromatic hydroxyl groups is 1. The van der Waals surface area contributed by atoms with E-state index in [-0.39, 0.29) is 44.5 Å². The third-order valence-corrected chi connectivity index (χ3v) is 9.53. The average molecular weight is 779 g/mol. The van der Waals surface area contributed by atoms with Gasteiger partial charge >= 0.3 is 5.97 Å². The molecule has 20 heteroatoms. The van der Waals surface area contributed by atoms with Gasteiger partial charge in [-0.3, -0.25) is 28.8 Å². The number of rotatable bonds is 19. The number of phenols is 1. The number of likely N-dealkylation sites (tertiary alicyclic amines) is 2. The second kappa shape index (κ2) is 20.7. The van der Waals surface area contributed by atoms with Crippen molar-refractivity contribution in [2.24, 2.45) is 11.5 Å². The number of nitrogens with one attached hydrogen (secondary N) is 4. The predicted octanol–water partition coefficient (Wildman–Crippen LogP) is -4.24. The van der Waals surface area contributed by atoms with Crippen LogP contribution in [0.3, 0.4) is 0 Å². The Morgan fingerprint density at radius 3 is 2.05 bits per heavy atom. The number of carboxylic acids is 1. The molecule has 55 heavy (non-hydrogen) atoms. The topological polar surface area (TPSA) is 327 Å². The van der Waals surface area contributed by atoms with Gasteiger partial charge in [-0.2, -0.15) is 0 Å². The van der Waals surface area contributed by atoms with Crippen LogP contribution in [0.2, 0.25) is 0 Å². The van der Waals surface area contributed by atoms with E-state index in [1.807, 2.05) is 0 Å². The van der Waals surface area contributed by atoms with Gasteiger partial charge in [-0.15, -0.1) is 0 Å². The van der Waals surface area contributed by atoms with Crippen molar-refractivity contribution in [1.82, 2.24) is 31.1 Å². The summed E-state index contributed by atoms with van der Waals surface area (Å²) in [4.78, 5) is 94.4. The highest BCUT2D eigenvalue weighted by molar-refractivity contribution is 5.97. The molecule has 0 unspecified atom stereocenters. The predicted molar refractivity (Wildman–Crippen MR) is 193 cm³/mol. The number of phenolic OH excluding ortho intramolecular Hbond substituents is 1. The van der Waals surface area contributed by atoms with Crippen molar-refractivity contribution >= 4 is 41.4 Å². The highest BCUT2D eigenvalue weighted by atomic mass is 16.4. The zero-order chi connectivity index (χ0) is 41.0. The zero-order valence-electron chi connectivity index (χ0n) is 30.9. The number of carboxylic acid groups (broad SMARTS) is 1. The molecule has 2 aliphatic heterocycles. The summed E-state index contributed by atoms with van der Waals surface area (Å²) < 4.78 is 0. The van der Waals surface area contributed by atoms with Crippen LogP contribution in [0.25, 0.3) is 0 Å². The van der Waals surface area contributed by atoms with Gasteiger partial charge in [0.15, 0.2) is 6.04 Å². The summed E-state index contributed by atoms with van der Waals surface area (Å²) in [5.41, 5.74) is 11.7. The minimum Gasteiger partial charge on any atom is -0.508 e. The van der Waals surface area contributed by atoms with E-state index in [9.17, 15) is 59.1 Å². The van der Waals surface area contributed by atoms with Crippen LogP contribution >= 0.6 is 0 Å². The lowest BCUT2D eigenvalue weighted by atomic mass is 10.0. The third kappa shape index (κ3) is 12.3. The molecule has 0 spiro atoms. The first-order valence-corrected chi connectivity index (χ1v) is 18.2. The number of amides is 6. The molecule has 2 fully saturated rings. The van der Waals surface area contributed by atoms with Gasteiger partial charge in [-0.05, 0) is 70.2 Å². The Hall–Kier alpha value is -4.89. The first kappa shape index (κ1) is 44.5. The van der Waals surface area contributed by atoms with E-state index in [0.717, 1.165) is 11.8 Å². The maximum absolute atomic E-state index is 14.1. The van der Waals surface area contributed by atoms with Gasteiger partial charge in [0, 0.05) is 25.9 Å². The number of aliphatic hydroxyl groups excluding tert-OH is 3. The van der Waals surface area contributed by atoms with E-state index >= 15 is 0 Å². The number of benzene rings is 1. The summed E-state index contributed by atoms with van der Waals surface area (Å²) in [6.07, 6.45) is -1.20. The van der Waals surface area contributed by atoms with Crippen molar-refractivity contribution in [3.05, 3.63) is 29.8 Å². The molecule has 6 amide bonds. The van der Waals surface area contributed by atoms with Gasteiger partial charge in [0.2, 0.25) is 35.4 Å². The highest BCUT2D eigenvalue weighted by Gasteiger charge is 2.44. The van der Waals surface area contributed by atoms with Gasteiger partial charge in [0.1, 0.15) is 36.0 Å². The number of hydrogen-bond acceptors (Lipinski definition) is 13. The van der Waals surface area contributed by atoms with Gasteiger partial charge in [-0.1, -0.05) is 12.1 Å². The summed E-state index contributed by atoms with van der Waals surface area (Å²) in [6, 6.07) is -3.51. The van der Waals surface area contributed by atoms with E-state index in [0.29, 0.717) is 31.4 Å². The number of carbonyl (C=O) groups excluding carboxylic acids is 6. The fourth-order valence-corrected chi connectivity index (χ4v) is 6.50. The lowest BCUT2D eigenvalue weighted by Gasteiger charge is -2.31. The summed E-state index contributed by atoms with van der Waals surface area (Å²) in [5.74, 6) is -6.31. The van der Waals surface area contributed by atoms with Crippen LogP contribution in [0.5, 0.6) is 5.75 Å². The van der Waals surface area contributed by atoms with Crippen LogP contribution in [0.15, 0.2) is 24.3 Å². The van der Waals surface area contributed by atoms with Crippen molar-refractivity contribution in [3.8, 4) is 5.75 Å². The first-order valence-electron chi connectivity index (χ1n) is 18.2. The lowest BCUT2D eigenvalue weighted by Crippen LogP contribution is -2.60. The van der Waals surface area contributed by atoms with E-state index < -0.39 is 103 Å². The van der Waals surface area contributed by atoms with Gasteiger partial charge in [0.05, 0.1) is 24.9 Å². The lowest BCUT2D eigenvalue weighted by molar-refractivity contribution is -0.147. The Morgan fingerprint density at radius 2 is 1.47 bits per heavy atom. The van der Waals surface area contributed by atoms with Gasteiger partial charge in [-0.25, -0.2) is 4.79 Å². The standard InChI is InChI=1S/C35H54N8O12/c1-18(37)29(48)38-23(6-3-4-12-36)33(52)42-13-5-7-26(42)31(50)40-25(17-44)30(49)39-24(14-20-8-10-21(46)11-9-20)34(53)43-16-22(47)15-27(43)32(51)41-28(19(2)45)35(54)55/h8-11,18-19,22-28,44-47H,3-7,12-17,36-37H2,1-2H3,(H,38,48)(H,39,49)(H,40,50)(H,41,51)(H,54,55)/t18-,19+,22+,23-,24-,25-,26-,27-,28-/m0/s1. The fourth-order valence-electron chi connectivity index (χ4n) is 6.50. The molecule has 20 nitrogen and oxygen atoms in total. The number of nitrogens with zero attached hydrogens (tertiary/aromatic N) is 2. The second-order valence-corrected chi connectivity index (χ2v) is 14.0. The molecule has 0 bridgehead atoms. The molecule has 1 aromatic rings. The largest absolute Gasteiger partial charge is 0.508 e. The number of aliphatic hydroxyl groups is 3. The average Bonchev–Trinajstić information content (AvgIpc) is 3.79. The quantitative estimate of drug-likeness (QED) is 0.0593. The van der Waals surface area contributed by atoms with E-state index in [2.05, 4.69) is 21.3 Å². The van der Waals surface area contributed by atoms with Crippen molar-refractivity contribution in [1.29, 1.82) is 0 Å². The van der Waals surface area contributed by atoms with E-state index in [1.165, 1.54) is 36.1 Å². The summed E-state index contributed by atoms with van der Waals surface area (Å²) in [6.45, 7) is 1.88. The number of aliphatic carboxylic acids is 1. The molecule has 13 N–H and O–H groups in total. The number of nitrogens with two attached hydrogens (primary N) is 2. The fraction of sp³-hybridized carbons (Fsp3) is 0.629. The molecule has 3 rings (SSSR count). The Morgan fingerprint density at radius 1 is 0.855 bits per heavy atom. The molecule has 2 saturated heterocycles. The summed E-state index contributed by atoms with van der Waals surface area (Å²) in [7, 11) is 0. The van der Waals surface area contributed by atoms with Crippen molar-refractivity contribution in [3.63, 3.8) is 0 Å². The Balaban J connectivity index is 1.81. The Kier molecular flexibility index (Phi) is 16.7. The molecule has 0 aliphatic carbocycles. The highest BCUT2D eigenvalue weighted by Crippen LogP contribution is 2.23. The molecule has 1 aromatic carbocycles. The molecule has 0 aromatic heterocycles. The smallest absolute Gasteiger partial charge is 0.328 e. The minimum atomic E-state index is -1.72. The van der Waals surface area contributed by atoms with Crippen LogP contribution in [0.4, 0.5) is 0 Å². The monoisotopic (exact) mass is 778 g/mol. The SMILES string of the molecule is C[C@H](N)C(=O)N[C@@H](CCCCN)C(=O)N1CCC[C@H]1C(=O)N[C@@H](CO)C(=O)N[C@@H](Cc1ccc(O)cc1)C(=O)N1C[C@H](O)C[C@H]1C(=O)N[C@H](C(=O)O)[C@@H](C)O. The first-order chi connectivity index (χ1) is 26.0. The maximum Gasteiger partial charge on any atom is 0.328 e.